The Bertz CT molecular complexity index is 996. The lowest BCUT2D eigenvalue weighted by atomic mass is 9.85. The molecular formula is C27H35N3O4. The van der Waals surface area contributed by atoms with Gasteiger partial charge in [-0.25, -0.2) is 4.79 Å². The summed E-state index contributed by atoms with van der Waals surface area (Å²) in [6.45, 7) is 7.43. The maximum atomic E-state index is 13.8. The second-order valence-corrected chi connectivity index (χ2v) is 9.68. The standard InChI is InChI=1S/C27H35N3O4/c1-20(2)17-30-26(32)29(19-22-7-11-24(34-4)12-8-22)25(31)27(30)13-15-28(16-14-27)18-21-5-9-23(33-3)10-6-21/h5-12,20H,13-19H2,1-4H3. The second kappa shape index (κ2) is 10.1. The molecule has 2 heterocycles. The zero-order valence-electron chi connectivity index (χ0n) is 20.6. The molecule has 2 aliphatic rings. The van der Waals surface area contributed by atoms with Crippen LogP contribution in [0.3, 0.4) is 0 Å². The van der Waals surface area contributed by atoms with Gasteiger partial charge < -0.3 is 14.4 Å². The summed E-state index contributed by atoms with van der Waals surface area (Å²) >= 11 is 0. The summed E-state index contributed by atoms with van der Waals surface area (Å²) < 4.78 is 10.5. The number of carbonyl (C=O) groups is 2. The molecule has 2 saturated heterocycles. The highest BCUT2D eigenvalue weighted by molar-refractivity contribution is 6.07. The molecule has 2 aromatic rings. The van der Waals surface area contributed by atoms with Gasteiger partial charge in [0.05, 0.1) is 20.8 Å². The van der Waals surface area contributed by atoms with Crippen molar-refractivity contribution in [1.29, 1.82) is 0 Å². The third kappa shape index (κ3) is 4.75. The molecule has 0 atom stereocenters. The number of piperidine rings is 1. The molecule has 0 radical (unpaired) electrons. The molecule has 34 heavy (non-hydrogen) atoms. The van der Waals surface area contributed by atoms with Crippen LogP contribution in [-0.2, 0) is 17.9 Å². The number of ether oxygens (including phenoxy) is 2. The Morgan fingerprint density at radius 3 is 1.79 bits per heavy atom. The lowest BCUT2D eigenvalue weighted by molar-refractivity contribution is -0.136. The molecule has 4 rings (SSSR count). The summed E-state index contributed by atoms with van der Waals surface area (Å²) in [5, 5.41) is 0. The number of amides is 3. The average Bonchev–Trinajstić information content (AvgIpc) is 3.03. The van der Waals surface area contributed by atoms with Crippen molar-refractivity contribution in [3.8, 4) is 11.5 Å². The Kier molecular flexibility index (Phi) is 7.12. The number of imide groups is 1. The Morgan fingerprint density at radius 2 is 1.32 bits per heavy atom. The van der Waals surface area contributed by atoms with E-state index in [4.69, 9.17) is 9.47 Å². The number of hydrogen-bond acceptors (Lipinski definition) is 5. The number of urea groups is 1. The molecule has 0 bridgehead atoms. The SMILES string of the molecule is COc1ccc(CN2CCC3(CC2)C(=O)N(Cc2ccc(OC)cc2)C(=O)N3CC(C)C)cc1. The number of rotatable bonds is 8. The molecule has 2 aliphatic heterocycles. The fourth-order valence-corrected chi connectivity index (χ4v) is 5.01. The number of carbonyl (C=O) groups excluding carboxylic acids is 2. The Balaban J connectivity index is 1.49. The fraction of sp³-hybridized carbons (Fsp3) is 0.481. The Hall–Kier alpha value is -3.06. The van der Waals surface area contributed by atoms with Crippen LogP contribution in [0.15, 0.2) is 48.5 Å². The van der Waals surface area contributed by atoms with E-state index < -0.39 is 5.54 Å². The van der Waals surface area contributed by atoms with Crippen LogP contribution in [-0.4, -0.2) is 66.0 Å². The molecule has 2 fully saturated rings. The highest BCUT2D eigenvalue weighted by Crippen LogP contribution is 2.39. The summed E-state index contributed by atoms with van der Waals surface area (Å²) in [5.41, 5.74) is 1.39. The zero-order valence-corrected chi connectivity index (χ0v) is 20.6. The van der Waals surface area contributed by atoms with E-state index in [1.165, 1.54) is 10.5 Å². The lowest BCUT2D eigenvalue weighted by Gasteiger charge is -2.42. The van der Waals surface area contributed by atoms with E-state index in [1.54, 1.807) is 14.2 Å². The molecule has 3 amide bonds. The minimum atomic E-state index is -0.746. The van der Waals surface area contributed by atoms with E-state index in [2.05, 4.69) is 30.9 Å². The van der Waals surface area contributed by atoms with Gasteiger partial charge in [-0.1, -0.05) is 38.1 Å². The van der Waals surface area contributed by atoms with Crippen LogP contribution in [0.2, 0.25) is 0 Å². The van der Waals surface area contributed by atoms with E-state index in [0.717, 1.165) is 36.7 Å². The minimum absolute atomic E-state index is 0.0573. The third-order valence-electron chi connectivity index (χ3n) is 6.92. The minimum Gasteiger partial charge on any atom is -0.497 e. The van der Waals surface area contributed by atoms with Crippen LogP contribution in [0.5, 0.6) is 11.5 Å². The maximum Gasteiger partial charge on any atom is 0.327 e. The van der Waals surface area contributed by atoms with E-state index in [9.17, 15) is 9.59 Å². The smallest absolute Gasteiger partial charge is 0.327 e. The predicted octanol–water partition coefficient (Wildman–Crippen LogP) is 4.16. The number of hydrogen-bond donors (Lipinski definition) is 0. The van der Waals surface area contributed by atoms with Gasteiger partial charge in [-0.15, -0.1) is 0 Å². The zero-order chi connectivity index (χ0) is 24.3. The van der Waals surface area contributed by atoms with Crippen molar-refractivity contribution in [2.24, 2.45) is 5.92 Å². The number of nitrogens with zero attached hydrogens (tertiary/aromatic N) is 3. The van der Waals surface area contributed by atoms with Crippen LogP contribution >= 0.6 is 0 Å². The molecule has 0 unspecified atom stereocenters. The van der Waals surface area contributed by atoms with Crippen LogP contribution in [0.1, 0.15) is 37.8 Å². The fourth-order valence-electron chi connectivity index (χ4n) is 5.01. The first-order chi connectivity index (χ1) is 16.4. The van der Waals surface area contributed by atoms with Crippen LogP contribution < -0.4 is 9.47 Å². The molecule has 0 aliphatic carbocycles. The van der Waals surface area contributed by atoms with Gasteiger partial charge in [0, 0.05) is 26.2 Å². The molecular weight excluding hydrogens is 430 g/mol. The van der Waals surface area contributed by atoms with Gasteiger partial charge in [0.15, 0.2) is 0 Å². The summed E-state index contributed by atoms with van der Waals surface area (Å²) in [5.74, 6) is 1.83. The van der Waals surface area contributed by atoms with Gasteiger partial charge in [-0.2, -0.15) is 0 Å². The largest absolute Gasteiger partial charge is 0.497 e. The van der Waals surface area contributed by atoms with Crippen molar-refractivity contribution in [3.05, 3.63) is 59.7 Å². The highest BCUT2D eigenvalue weighted by Gasteiger charge is 2.57. The quantitative estimate of drug-likeness (QED) is 0.548. The molecule has 0 saturated carbocycles. The Labute approximate surface area is 202 Å². The Morgan fingerprint density at radius 1 is 0.824 bits per heavy atom. The van der Waals surface area contributed by atoms with Gasteiger partial charge in [0.2, 0.25) is 0 Å². The van der Waals surface area contributed by atoms with Crippen molar-refractivity contribution in [3.63, 3.8) is 0 Å². The summed E-state index contributed by atoms with van der Waals surface area (Å²) in [7, 11) is 3.29. The molecule has 7 nitrogen and oxygen atoms in total. The molecule has 2 aromatic carbocycles. The predicted molar refractivity (Wildman–Crippen MR) is 131 cm³/mol. The monoisotopic (exact) mass is 465 g/mol. The van der Waals surface area contributed by atoms with Gasteiger partial charge in [0.25, 0.3) is 5.91 Å². The first kappa shape index (κ1) is 24.1. The molecule has 7 heteroatoms. The van der Waals surface area contributed by atoms with Gasteiger partial charge in [-0.05, 0) is 54.2 Å². The van der Waals surface area contributed by atoms with Crippen molar-refractivity contribution >= 4 is 11.9 Å². The summed E-state index contributed by atoms with van der Waals surface area (Å²) in [6.07, 6.45) is 1.30. The topological polar surface area (TPSA) is 62.3 Å². The summed E-state index contributed by atoms with van der Waals surface area (Å²) in [4.78, 5) is 32.9. The molecule has 182 valence electrons. The second-order valence-electron chi connectivity index (χ2n) is 9.68. The van der Waals surface area contributed by atoms with Gasteiger partial charge in [-0.3, -0.25) is 14.6 Å². The van der Waals surface area contributed by atoms with Crippen LogP contribution in [0.25, 0.3) is 0 Å². The van der Waals surface area contributed by atoms with Gasteiger partial charge in [0.1, 0.15) is 17.0 Å². The summed E-state index contributed by atoms with van der Waals surface area (Å²) in [6, 6.07) is 15.5. The lowest BCUT2D eigenvalue weighted by Crippen LogP contribution is -2.57. The average molecular weight is 466 g/mol. The van der Waals surface area contributed by atoms with E-state index in [0.29, 0.717) is 19.4 Å². The number of methoxy groups -OCH3 is 2. The van der Waals surface area contributed by atoms with Crippen LogP contribution in [0, 0.1) is 5.92 Å². The molecule has 1 spiro atoms. The van der Waals surface area contributed by atoms with Crippen LogP contribution in [0.4, 0.5) is 4.79 Å². The number of benzene rings is 2. The van der Waals surface area contributed by atoms with Crippen molar-refractivity contribution in [1.82, 2.24) is 14.7 Å². The van der Waals surface area contributed by atoms with Crippen molar-refractivity contribution < 1.29 is 19.1 Å². The third-order valence-corrected chi connectivity index (χ3v) is 6.92. The van der Waals surface area contributed by atoms with E-state index in [-0.39, 0.29) is 24.4 Å². The number of likely N-dealkylation sites (tertiary alicyclic amines) is 1. The maximum absolute atomic E-state index is 13.8. The van der Waals surface area contributed by atoms with E-state index >= 15 is 0 Å². The van der Waals surface area contributed by atoms with E-state index in [1.807, 2.05) is 41.3 Å². The first-order valence-electron chi connectivity index (χ1n) is 12.0. The van der Waals surface area contributed by atoms with Crippen molar-refractivity contribution in [2.45, 2.75) is 45.3 Å². The molecule has 0 N–H and O–H groups in total. The highest BCUT2D eigenvalue weighted by atomic mass is 16.5. The van der Waals surface area contributed by atoms with Gasteiger partial charge >= 0.3 is 6.03 Å². The molecule has 0 aromatic heterocycles. The first-order valence-corrected chi connectivity index (χ1v) is 12.0. The van der Waals surface area contributed by atoms with Crippen molar-refractivity contribution in [2.75, 3.05) is 33.9 Å². The normalized spacial score (nSPS) is 18.3.